The van der Waals surface area contributed by atoms with Gasteiger partial charge in [0.25, 0.3) is 0 Å². The summed E-state index contributed by atoms with van der Waals surface area (Å²) in [5, 5.41) is -0.0909. The Morgan fingerprint density at radius 2 is 2.12 bits per heavy atom. The fourth-order valence-corrected chi connectivity index (χ4v) is 3.07. The summed E-state index contributed by atoms with van der Waals surface area (Å²) in [7, 11) is 0. The third kappa shape index (κ3) is 2.09. The third-order valence-corrected chi connectivity index (χ3v) is 3.92. The van der Waals surface area contributed by atoms with Gasteiger partial charge in [0, 0.05) is 16.5 Å². The molecule has 0 saturated carbocycles. The van der Waals surface area contributed by atoms with E-state index < -0.39 is 0 Å². The summed E-state index contributed by atoms with van der Waals surface area (Å²) in [6, 6.07) is 5.60. The van der Waals surface area contributed by atoms with E-state index in [1.807, 2.05) is 37.8 Å². The molecule has 0 fully saturated rings. The molecule has 1 heterocycles. The van der Waals surface area contributed by atoms with E-state index in [2.05, 4.69) is 0 Å². The molecule has 90 valence electrons. The van der Waals surface area contributed by atoms with Gasteiger partial charge in [-0.25, -0.2) is 0 Å². The Kier molecular flexibility index (Phi) is 3.24. The van der Waals surface area contributed by atoms with Gasteiger partial charge in [-0.2, -0.15) is 0 Å². The first-order chi connectivity index (χ1) is 8.04. The fourth-order valence-electron chi connectivity index (χ4n) is 1.99. The Balaban J connectivity index is 2.52. The first-order valence-corrected chi connectivity index (χ1v) is 6.51. The zero-order chi connectivity index (χ0) is 12.6. The highest BCUT2D eigenvalue weighted by atomic mass is 32.2. The molecule has 1 unspecified atom stereocenters. The van der Waals surface area contributed by atoms with Gasteiger partial charge in [0.1, 0.15) is 6.29 Å². The quantitative estimate of drug-likeness (QED) is 0.756. The number of anilines is 1. The van der Waals surface area contributed by atoms with Crippen LogP contribution in [0.5, 0.6) is 0 Å². The molecule has 0 saturated heterocycles. The van der Waals surface area contributed by atoms with Crippen molar-refractivity contribution in [3.05, 3.63) is 23.8 Å². The highest BCUT2D eigenvalue weighted by molar-refractivity contribution is 8.01. The molecule has 1 amide bonds. The van der Waals surface area contributed by atoms with Crippen LogP contribution in [-0.2, 0) is 4.79 Å². The van der Waals surface area contributed by atoms with Crippen molar-refractivity contribution < 1.29 is 9.59 Å². The summed E-state index contributed by atoms with van der Waals surface area (Å²) in [5.41, 5.74) is 1.57. The predicted octanol–water partition coefficient (Wildman–Crippen LogP) is 2.73. The highest BCUT2D eigenvalue weighted by Crippen LogP contribution is 2.40. The van der Waals surface area contributed by atoms with Crippen molar-refractivity contribution in [2.75, 3.05) is 4.90 Å². The van der Waals surface area contributed by atoms with Crippen LogP contribution in [0.3, 0.4) is 0 Å². The number of benzene rings is 1. The third-order valence-electron chi connectivity index (χ3n) is 2.78. The van der Waals surface area contributed by atoms with Gasteiger partial charge in [-0.3, -0.25) is 9.59 Å². The van der Waals surface area contributed by atoms with Crippen LogP contribution in [0, 0.1) is 0 Å². The SMILES string of the molecule is CC1Sc2cc(C=O)ccc2N(C(C)C)C1=O. The molecule has 1 aromatic rings. The van der Waals surface area contributed by atoms with Gasteiger partial charge >= 0.3 is 0 Å². The van der Waals surface area contributed by atoms with Crippen molar-refractivity contribution in [1.82, 2.24) is 0 Å². The van der Waals surface area contributed by atoms with E-state index in [1.54, 1.807) is 6.07 Å². The zero-order valence-electron chi connectivity index (χ0n) is 10.1. The summed E-state index contributed by atoms with van der Waals surface area (Å²) in [6.45, 7) is 5.90. The molecule has 3 nitrogen and oxygen atoms in total. The normalized spacial score (nSPS) is 19.4. The lowest BCUT2D eigenvalue weighted by atomic mass is 10.1. The molecule has 1 atom stereocenters. The van der Waals surface area contributed by atoms with Crippen molar-refractivity contribution in [2.24, 2.45) is 0 Å². The number of aldehydes is 1. The smallest absolute Gasteiger partial charge is 0.240 e. The largest absolute Gasteiger partial charge is 0.308 e. The summed E-state index contributed by atoms with van der Waals surface area (Å²) in [4.78, 5) is 25.7. The van der Waals surface area contributed by atoms with E-state index in [-0.39, 0.29) is 17.2 Å². The fraction of sp³-hybridized carbons (Fsp3) is 0.385. The average molecular weight is 249 g/mol. The number of thioether (sulfide) groups is 1. The lowest BCUT2D eigenvalue weighted by Crippen LogP contribution is -2.44. The minimum atomic E-state index is -0.0909. The monoisotopic (exact) mass is 249 g/mol. The van der Waals surface area contributed by atoms with Crippen LogP contribution in [0.1, 0.15) is 31.1 Å². The number of rotatable bonds is 2. The van der Waals surface area contributed by atoms with Crippen molar-refractivity contribution in [3.63, 3.8) is 0 Å². The predicted molar refractivity (Wildman–Crippen MR) is 69.8 cm³/mol. The number of fused-ring (bicyclic) bond motifs is 1. The molecule has 1 aromatic carbocycles. The highest BCUT2D eigenvalue weighted by Gasteiger charge is 2.32. The lowest BCUT2D eigenvalue weighted by Gasteiger charge is -2.35. The van der Waals surface area contributed by atoms with Gasteiger partial charge < -0.3 is 4.90 Å². The number of amides is 1. The van der Waals surface area contributed by atoms with E-state index in [9.17, 15) is 9.59 Å². The molecule has 0 N–H and O–H groups in total. The van der Waals surface area contributed by atoms with E-state index in [1.165, 1.54) is 11.8 Å². The topological polar surface area (TPSA) is 37.4 Å². The number of carbonyl (C=O) groups is 2. The van der Waals surface area contributed by atoms with Crippen LogP contribution < -0.4 is 4.90 Å². The second kappa shape index (κ2) is 4.53. The molecule has 0 spiro atoms. The maximum Gasteiger partial charge on any atom is 0.240 e. The van der Waals surface area contributed by atoms with Crippen molar-refractivity contribution in [2.45, 2.75) is 37.0 Å². The Morgan fingerprint density at radius 1 is 1.41 bits per heavy atom. The van der Waals surface area contributed by atoms with E-state index in [4.69, 9.17) is 0 Å². The molecule has 2 rings (SSSR count). The molecule has 0 aliphatic carbocycles. The first-order valence-electron chi connectivity index (χ1n) is 5.63. The molecule has 17 heavy (non-hydrogen) atoms. The number of hydrogen-bond donors (Lipinski definition) is 0. The Bertz CT molecular complexity index is 470. The van der Waals surface area contributed by atoms with Crippen LogP contribution in [0.2, 0.25) is 0 Å². The molecule has 0 bridgehead atoms. The van der Waals surface area contributed by atoms with Crippen LogP contribution >= 0.6 is 11.8 Å². The van der Waals surface area contributed by atoms with Gasteiger partial charge in [0.05, 0.1) is 10.9 Å². The van der Waals surface area contributed by atoms with Gasteiger partial charge in [-0.05, 0) is 39.0 Å². The second-order valence-electron chi connectivity index (χ2n) is 4.41. The average Bonchev–Trinajstić information content (AvgIpc) is 2.29. The van der Waals surface area contributed by atoms with Crippen LogP contribution in [0.25, 0.3) is 0 Å². The number of carbonyl (C=O) groups excluding carboxylic acids is 2. The maximum atomic E-state index is 12.1. The summed E-state index contributed by atoms with van der Waals surface area (Å²) in [6.07, 6.45) is 0.835. The molecule has 4 heteroatoms. The number of hydrogen-bond acceptors (Lipinski definition) is 3. The zero-order valence-corrected chi connectivity index (χ0v) is 11.0. The lowest BCUT2D eigenvalue weighted by molar-refractivity contribution is -0.118. The van der Waals surface area contributed by atoms with Gasteiger partial charge in [-0.15, -0.1) is 11.8 Å². The molecule has 1 aliphatic rings. The van der Waals surface area contributed by atoms with Gasteiger partial charge in [0.2, 0.25) is 5.91 Å². The molecular weight excluding hydrogens is 234 g/mol. The Labute approximate surface area is 105 Å². The maximum absolute atomic E-state index is 12.1. The van der Waals surface area contributed by atoms with Crippen molar-refractivity contribution in [1.29, 1.82) is 0 Å². The minimum absolute atomic E-state index is 0.0909. The summed E-state index contributed by atoms with van der Waals surface area (Å²) >= 11 is 1.52. The second-order valence-corrected chi connectivity index (χ2v) is 5.79. The molecule has 1 aliphatic heterocycles. The molecular formula is C13H15NO2S. The minimum Gasteiger partial charge on any atom is -0.308 e. The first kappa shape index (κ1) is 12.2. The molecule has 0 aromatic heterocycles. The Morgan fingerprint density at radius 3 is 2.71 bits per heavy atom. The van der Waals surface area contributed by atoms with Gasteiger partial charge in [-0.1, -0.05) is 0 Å². The van der Waals surface area contributed by atoms with Crippen LogP contribution in [-0.4, -0.2) is 23.5 Å². The van der Waals surface area contributed by atoms with Crippen molar-refractivity contribution in [3.8, 4) is 0 Å². The summed E-state index contributed by atoms with van der Waals surface area (Å²) in [5.74, 6) is 0.136. The van der Waals surface area contributed by atoms with Crippen LogP contribution in [0.4, 0.5) is 5.69 Å². The van der Waals surface area contributed by atoms with E-state index >= 15 is 0 Å². The molecule has 0 radical (unpaired) electrons. The summed E-state index contributed by atoms with van der Waals surface area (Å²) < 4.78 is 0. The van der Waals surface area contributed by atoms with Gasteiger partial charge in [0.15, 0.2) is 0 Å². The Hall–Kier alpha value is -1.29. The van der Waals surface area contributed by atoms with E-state index in [0.717, 1.165) is 16.9 Å². The van der Waals surface area contributed by atoms with Crippen molar-refractivity contribution >= 4 is 29.6 Å². The van der Waals surface area contributed by atoms with Crippen LogP contribution in [0.15, 0.2) is 23.1 Å². The number of nitrogens with zero attached hydrogens (tertiary/aromatic N) is 1. The standard InChI is InChI=1S/C13H15NO2S/c1-8(2)14-11-5-4-10(7-15)6-12(11)17-9(3)13(14)16/h4-9H,1-3H3. The van der Waals surface area contributed by atoms with E-state index in [0.29, 0.717) is 5.56 Å².